The van der Waals surface area contributed by atoms with E-state index in [1.54, 1.807) is 30.2 Å². The Balaban J connectivity index is 3.08. The molecule has 0 N–H and O–H groups in total. The number of hydrogen-bond acceptors (Lipinski definition) is 6. The van der Waals surface area contributed by atoms with Crippen LogP contribution in [0.3, 0.4) is 0 Å². The first-order chi connectivity index (χ1) is 11.7. The predicted octanol–water partition coefficient (Wildman–Crippen LogP) is 2.05. The second-order valence-corrected chi connectivity index (χ2v) is 7.68. The van der Waals surface area contributed by atoms with E-state index >= 15 is 0 Å². The number of hydrogen-bond donors (Lipinski definition) is 0. The average molecular weight is 373 g/mol. The van der Waals surface area contributed by atoms with Crippen LogP contribution in [0.1, 0.15) is 26.3 Å². The number of methoxy groups -OCH3 is 2. The molecule has 1 rings (SSSR count). The van der Waals surface area contributed by atoms with Crippen LogP contribution in [0.5, 0.6) is 11.5 Å². The highest BCUT2D eigenvalue weighted by atomic mass is 32.2. The van der Waals surface area contributed by atoms with E-state index in [9.17, 15) is 13.2 Å². The fourth-order valence-corrected chi connectivity index (χ4v) is 2.66. The first-order valence-electron chi connectivity index (χ1n) is 8.10. The molecule has 0 aliphatic carbocycles. The van der Waals surface area contributed by atoms with Gasteiger partial charge in [0, 0.05) is 26.1 Å². The van der Waals surface area contributed by atoms with Crippen LogP contribution in [0.15, 0.2) is 18.2 Å². The van der Waals surface area contributed by atoms with E-state index < -0.39 is 10.1 Å². The van der Waals surface area contributed by atoms with Gasteiger partial charge in [-0.25, -0.2) is 0 Å². The van der Waals surface area contributed by atoms with Gasteiger partial charge in [-0.1, -0.05) is 19.9 Å². The monoisotopic (exact) mass is 373 g/mol. The SMILES string of the molecule is CCS(=O)(=O)Oc1cc(CN(CCOC)C(=O)C(C)C)ccc1OC. The second kappa shape index (κ2) is 9.62. The van der Waals surface area contributed by atoms with Gasteiger partial charge in [0.25, 0.3) is 0 Å². The zero-order chi connectivity index (χ0) is 19.0. The maximum atomic E-state index is 12.4. The van der Waals surface area contributed by atoms with Gasteiger partial charge in [0.05, 0.1) is 19.5 Å². The molecule has 1 amide bonds. The number of rotatable bonds is 10. The van der Waals surface area contributed by atoms with Crippen molar-refractivity contribution in [2.45, 2.75) is 27.3 Å². The largest absolute Gasteiger partial charge is 0.493 e. The lowest BCUT2D eigenvalue weighted by atomic mass is 10.1. The molecule has 0 radical (unpaired) electrons. The molecule has 0 spiro atoms. The third-order valence-corrected chi connectivity index (χ3v) is 4.68. The molecular formula is C17H27NO6S. The lowest BCUT2D eigenvalue weighted by molar-refractivity contribution is -0.135. The molecule has 25 heavy (non-hydrogen) atoms. The van der Waals surface area contributed by atoms with Crippen molar-refractivity contribution in [1.29, 1.82) is 0 Å². The maximum Gasteiger partial charge on any atom is 0.309 e. The summed E-state index contributed by atoms with van der Waals surface area (Å²) in [5.74, 6) is 0.138. The summed E-state index contributed by atoms with van der Waals surface area (Å²) in [7, 11) is -0.660. The van der Waals surface area contributed by atoms with Gasteiger partial charge < -0.3 is 18.6 Å². The van der Waals surface area contributed by atoms with Crippen LogP contribution in [-0.4, -0.2) is 52.3 Å². The highest BCUT2D eigenvalue weighted by Crippen LogP contribution is 2.30. The summed E-state index contributed by atoms with van der Waals surface area (Å²) in [5.41, 5.74) is 0.743. The van der Waals surface area contributed by atoms with Gasteiger partial charge in [-0.3, -0.25) is 4.79 Å². The van der Waals surface area contributed by atoms with E-state index in [0.29, 0.717) is 25.4 Å². The molecule has 0 unspecified atom stereocenters. The first kappa shape index (κ1) is 21.2. The van der Waals surface area contributed by atoms with E-state index in [0.717, 1.165) is 5.56 Å². The molecule has 1 aromatic rings. The lowest BCUT2D eigenvalue weighted by Crippen LogP contribution is -2.36. The highest BCUT2D eigenvalue weighted by Gasteiger charge is 2.19. The van der Waals surface area contributed by atoms with Crippen molar-refractivity contribution in [2.24, 2.45) is 5.92 Å². The zero-order valence-electron chi connectivity index (χ0n) is 15.4. The first-order valence-corrected chi connectivity index (χ1v) is 9.68. The predicted molar refractivity (Wildman–Crippen MR) is 95.2 cm³/mol. The Hall–Kier alpha value is -1.80. The van der Waals surface area contributed by atoms with Gasteiger partial charge in [0.15, 0.2) is 11.5 Å². The van der Waals surface area contributed by atoms with Crippen molar-refractivity contribution in [1.82, 2.24) is 4.90 Å². The zero-order valence-corrected chi connectivity index (χ0v) is 16.3. The number of nitrogens with zero attached hydrogens (tertiary/aromatic N) is 1. The standard InChI is InChI=1S/C17H27NO6S/c1-6-25(20,21)24-16-11-14(7-8-15(16)23-5)12-18(9-10-22-4)17(19)13(2)3/h7-8,11,13H,6,9-10,12H2,1-5H3. The summed E-state index contributed by atoms with van der Waals surface area (Å²) in [6.45, 7) is 6.36. The van der Waals surface area contributed by atoms with Crippen LogP contribution in [0.2, 0.25) is 0 Å². The fourth-order valence-electron chi connectivity index (χ4n) is 2.13. The Morgan fingerprint density at radius 2 is 1.88 bits per heavy atom. The minimum Gasteiger partial charge on any atom is -0.493 e. The van der Waals surface area contributed by atoms with Gasteiger partial charge in [0.1, 0.15) is 0 Å². The van der Waals surface area contributed by atoms with Crippen LogP contribution < -0.4 is 8.92 Å². The van der Waals surface area contributed by atoms with Crippen molar-refractivity contribution >= 4 is 16.0 Å². The molecule has 0 saturated heterocycles. The summed E-state index contributed by atoms with van der Waals surface area (Å²) < 4.78 is 38.8. The molecular weight excluding hydrogens is 346 g/mol. The smallest absolute Gasteiger partial charge is 0.309 e. The third kappa shape index (κ3) is 6.55. The van der Waals surface area contributed by atoms with Crippen LogP contribution in [0.25, 0.3) is 0 Å². The summed E-state index contributed by atoms with van der Waals surface area (Å²) in [5, 5.41) is 0. The Morgan fingerprint density at radius 1 is 1.20 bits per heavy atom. The molecule has 0 bridgehead atoms. The van der Waals surface area contributed by atoms with Gasteiger partial charge in [0.2, 0.25) is 5.91 Å². The Bertz CT molecular complexity index is 672. The number of benzene rings is 1. The van der Waals surface area contributed by atoms with E-state index in [4.69, 9.17) is 13.7 Å². The molecule has 0 atom stereocenters. The lowest BCUT2D eigenvalue weighted by Gasteiger charge is -2.24. The Morgan fingerprint density at radius 3 is 2.40 bits per heavy atom. The molecule has 8 heteroatoms. The van der Waals surface area contributed by atoms with Crippen LogP contribution in [0.4, 0.5) is 0 Å². The van der Waals surface area contributed by atoms with Crippen molar-refractivity contribution < 1.29 is 26.9 Å². The molecule has 0 fully saturated rings. The molecule has 1 aromatic carbocycles. The summed E-state index contributed by atoms with van der Waals surface area (Å²) in [4.78, 5) is 14.0. The Labute approximate surface area is 150 Å². The van der Waals surface area contributed by atoms with Gasteiger partial charge in [-0.05, 0) is 24.6 Å². The fraction of sp³-hybridized carbons (Fsp3) is 0.588. The molecule has 0 heterocycles. The Kier molecular flexibility index (Phi) is 8.18. The normalized spacial score (nSPS) is 11.4. The van der Waals surface area contributed by atoms with E-state index in [-0.39, 0.29) is 23.3 Å². The molecule has 7 nitrogen and oxygen atoms in total. The molecule has 0 aliphatic rings. The maximum absolute atomic E-state index is 12.4. The minimum absolute atomic E-state index is 0.00323. The highest BCUT2D eigenvalue weighted by molar-refractivity contribution is 7.87. The van der Waals surface area contributed by atoms with Crippen molar-refractivity contribution in [3.63, 3.8) is 0 Å². The van der Waals surface area contributed by atoms with Crippen molar-refractivity contribution in [3.05, 3.63) is 23.8 Å². The van der Waals surface area contributed by atoms with Crippen LogP contribution >= 0.6 is 0 Å². The summed E-state index contributed by atoms with van der Waals surface area (Å²) in [6.07, 6.45) is 0. The van der Waals surface area contributed by atoms with E-state index in [2.05, 4.69) is 0 Å². The summed E-state index contributed by atoms with van der Waals surface area (Å²) >= 11 is 0. The number of ether oxygens (including phenoxy) is 2. The van der Waals surface area contributed by atoms with Gasteiger partial charge in [-0.2, -0.15) is 8.42 Å². The quantitative estimate of drug-likeness (QED) is 0.584. The third-order valence-electron chi connectivity index (χ3n) is 3.54. The number of carbonyl (C=O) groups excluding carboxylic acids is 1. The van der Waals surface area contributed by atoms with E-state index in [1.807, 2.05) is 13.8 Å². The molecule has 0 aromatic heterocycles. The topological polar surface area (TPSA) is 82.1 Å². The van der Waals surface area contributed by atoms with Crippen LogP contribution in [-0.2, 0) is 26.2 Å². The minimum atomic E-state index is -3.67. The number of amides is 1. The van der Waals surface area contributed by atoms with Gasteiger partial charge in [-0.15, -0.1) is 0 Å². The van der Waals surface area contributed by atoms with Crippen molar-refractivity contribution in [3.8, 4) is 11.5 Å². The molecule has 142 valence electrons. The van der Waals surface area contributed by atoms with Crippen molar-refractivity contribution in [2.75, 3.05) is 33.1 Å². The average Bonchev–Trinajstić information content (AvgIpc) is 2.57. The summed E-state index contributed by atoms with van der Waals surface area (Å²) in [6, 6.07) is 4.99. The van der Waals surface area contributed by atoms with E-state index in [1.165, 1.54) is 14.0 Å². The number of carbonyl (C=O) groups is 1. The molecule has 0 saturated carbocycles. The second-order valence-electron chi connectivity index (χ2n) is 5.82. The van der Waals surface area contributed by atoms with Gasteiger partial charge >= 0.3 is 10.1 Å². The molecule has 0 aliphatic heterocycles. The van der Waals surface area contributed by atoms with Crippen LogP contribution in [0, 0.1) is 5.92 Å².